The fourth-order valence-electron chi connectivity index (χ4n) is 7.24. The highest BCUT2D eigenvalue weighted by molar-refractivity contribution is 7.15. The van der Waals surface area contributed by atoms with E-state index < -0.39 is 11.9 Å². The standard InChI is InChI=1S/C34H26O4S2/c35-33(36)31-29(23-5-1-3-7-25(23)39-31)21-15-11-17-10-14-20-22(16-12-18-9-13-19(21)27(17)28(18)20)30-24-6-2-4-8-26(24)40-32(30)34(37)38/h9-16H,1-8H2,(H,35,36)(H,37,38). The summed E-state index contributed by atoms with van der Waals surface area (Å²) in [4.78, 5) is 28.2. The Hall–Kier alpha value is -3.74. The van der Waals surface area contributed by atoms with E-state index in [1.165, 1.54) is 43.6 Å². The van der Waals surface area contributed by atoms with Gasteiger partial charge in [-0.3, -0.25) is 0 Å². The molecule has 0 saturated carbocycles. The molecule has 198 valence electrons. The van der Waals surface area contributed by atoms with Crippen molar-refractivity contribution in [1.82, 2.24) is 0 Å². The number of aryl methyl sites for hydroxylation is 2. The molecule has 0 fully saturated rings. The third kappa shape index (κ3) is 3.36. The molecule has 6 aromatic rings. The van der Waals surface area contributed by atoms with Gasteiger partial charge in [0.1, 0.15) is 9.75 Å². The lowest BCUT2D eigenvalue weighted by molar-refractivity contribution is 0.0692. The summed E-state index contributed by atoms with van der Waals surface area (Å²) in [7, 11) is 0. The van der Waals surface area contributed by atoms with E-state index in [9.17, 15) is 19.8 Å². The summed E-state index contributed by atoms with van der Waals surface area (Å²) in [5, 5.41) is 27.0. The molecular weight excluding hydrogens is 537 g/mol. The van der Waals surface area contributed by atoms with E-state index in [1.54, 1.807) is 0 Å². The number of carboxylic acid groups (broad SMARTS) is 2. The van der Waals surface area contributed by atoms with Gasteiger partial charge in [0.25, 0.3) is 0 Å². The third-order valence-corrected chi connectivity index (χ3v) is 11.5. The lowest BCUT2D eigenvalue weighted by Crippen LogP contribution is -2.02. The summed E-state index contributed by atoms with van der Waals surface area (Å²) >= 11 is 2.90. The molecule has 0 unspecified atom stereocenters. The summed E-state index contributed by atoms with van der Waals surface area (Å²) in [5.74, 6) is -1.71. The van der Waals surface area contributed by atoms with Crippen molar-refractivity contribution in [3.05, 3.63) is 79.2 Å². The van der Waals surface area contributed by atoms with Gasteiger partial charge in [0, 0.05) is 20.9 Å². The quantitative estimate of drug-likeness (QED) is 0.210. The number of rotatable bonds is 4. The Bertz CT molecular complexity index is 1880. The molecule has 0 spiro atoms. The van der Waals surface area contributed by atoms with E-state index in [4.69, 9.17) is 0 Å². The minimum atomic E-state index is -0.856. The number of aromatic carboxylic acids is 2. The summed E-state index contributed by atoms with van der Waals surface area (Å²) in [5.41, 5.74) is 6.18. The first-order valence-electron chi connectivity index (χ1n) is 14.0. The molecule has 0 atom stereocenters. The van der Waals surface area contributed by atoms with E-state index in [1.807, 2.05) is 0 Å². The Morgan fingerprint density at radius 3 is 1.38 bits per heavy atom. The lowest BCUT2D eigenvalue weighted by Gasteiger charge is -2.19. The predicted molar refractivity (Wildman–Crippen MR) is 164 cm³/mol. The third-order valence-electron chi connectivity index (χ3n) is 8.93. The highest BCUT2D eigenvalue weighted by Crippen LogP contribution is 2.48. The molecule has 0 radical (unpaired) electrons. The van der Waals surface area contributed by atoms with Crippen LogP contribution in [0, 0.1) is 0 Å². The molecule has 0 aliphatic heterocycles. The average molecular weight is 563 g/mol. The van der Waals surface area contributed by atoms with Crippen LogP contribution in [0.1, 0.15) is 65.9 Å². The van der Waals surface area contributed by atoms with Gasteiger partial charge in [0.2, 0.25) is 0 Å². The minimum Gasteiger partial charge on any atom is -0.477 e. The van der Waals surface area contributed by atoms with Crippen molar-refractivity contribution in [2.24, 2.45) is 0 Å². The van der Waals surface area contributed by atoms with Crippen LogP contribution >= 0.6 is 22.7 Å². The molecule has 8 rings (SSSR count). The average Bonchev–Trinajstić information content (AvgIpc) is 3.55. The van der Waals surface area contributed by atoms with Crippen LogP contribution < -0.4 is 0 Å². The number of fused-ring (bicyclic) bond motifs is 2. The van der Waals surface area contributed by atoms with Crippen LogP contribution in [0.2, 0.25) is 0 Å². The van der Waals surface area contributed by atoms with Gasteiger partial charge in [0.05, 0.1) is 0 Å². The molecule has 0 bridgehead atoms. The van der Waals surface area contributed by atoms with Crippen LogP contribution in [-0.2, 0) is 25.7 Å². The molecule has 4 aromatic carbocycles. The SMILES string of the molecule is O=C(O)c1sc2c(c1-c1ccc3ccc4c(-c5c(C(=O)O)sc6c5CCCC6)ccc5ccc1c3c54)CCCC2. The van der Waals surface area contributed by atoms with Crippen molar-refractivity contribution in [3.63, 3.8) is 0 Å². The predicted octanol–water partition coefficient (Wildman–Crippen LogP) is 9.19. The number of carbonyl (C=O) groups is 2. The van der Waals surface area contributed by atoms with E-state index in [2.05, 4.69) is 48.5 Å². The fraction of sp³-hybridized carbons (Fsp3) is 0.235. The second-order valence-electron chi connectivity index (χ2n) is 11.1. The molecule has 40 heavy (non-hydrogen) atoms. The van der Waals surface area contributed by atoms with Crippen LogP contribution in [0.5, 0.6) is 0 Å². The monoisotopic (exact) mass is 562 g/mol. The maximum absolute atomic E-state index is 12.4. The van der Waals surface area contributed by atoms with Crippen LogP contribution in [0.15, 0.2) is 48.5 Å². The minimum absolute atomic E-state index is 0.443. The Labute approximate surface area is 238 Å². The molecule has 2 aromatic heterocycles. The van der Waals surface area contributed by atoms with Gasteiger partial charge in [-0.2, -0.15) is 0 Å². The molecule has 0 saturated heterocycles. The fourth-order valence-corrected chi connectivity index (χ4v) is 9.73. The van der Waals surface area contributed by atoms with Crippen molar-refractivity contribution in [1.29, 1.82) is 0 Å². The second-order valence-corrected chi connectivity index (χ2v) is 13.3. The number of benzene rings is 4. The van der Waals surface area contributed by atoms with Crippen LogP contribution in [0.4, 0.5) is 0 Å². The molecule has 2 aliphatic rings. The maximum atomic E-state index is 12.4. The number of thiophene rings is 2. The first-order valence-corrected chi connectivity index (χ1v) is 15.6. The normalized spacial score (nSPS) is 15.1. The van der Waals surface area contributed by atoms with Gasteiger partial charge >= 0.3 is 11.9 Å². The zero-order valence-corrected chi connectivity index (χ0v) is 23.4. The highest BCUT2D eigenvalue weighted by Gasteiger charge is 2.29. The van der Waals surface area contributed by atoms with Crippen LogP contribution in [0.25, 0.3) is 54.6 Å². The second kappa shape index (κ2) is 8.88. The number of hydrogen-bond acceptors (Lipinski definition) is 4. The van der Waals surface area contributed by atoms with Gasteiger partial charge in [-0.1, -0.05) is 48.5 Å². The summed E-state index contributed by atoms with van der Waals surface area (Å²) in [6, 6.07) is 17.0. The maximum Gasteiger partial charge on any atom is 0.346 e. The molecule has 2 aliphatic carbocycles. The molecule has 4 nitrogen and oxygen atoms in total. The van der Waals surface area contributed by atoms with Crippen LogP contribution in [0.3, 0.4) is 0 Å². The van der Waals surface area contributed by atoms with Crippen molar-refractivity contribution in [2.75, 3.05) is 0 Å². The Kier molecular flexibility index (Phi) is 5.35. The van der Waals surface area contributed by atoms with Crippen LogP contribution in [-0.4, -0.2) is 22.2 Å². The summed E-state index contributed by atoms with van der Waals surface area (Å²) in [6.07, 6.45) is 8.13. The molecule has 6 heteroatoms. The van der Waals surface area contributed by atoms with E-state index in [0.29, 0.717) is 9.75 Å². The van der Waals surface area contributed by atoms with Gasteiger partial charge < -0.3 is 10.2 Å². The molecular formula is C34H26O4S2. The molecule has 0 amide bonds. The molecule has 2 heterocycles. The zero-order chi connectivity index (χ0) is 27.1. The topological polar surface area (TPSA) is 74.6 Å². The first-order chi connectivity index (χ1) is 19.5. The number of carboxylic acids is 2. The van der Waals surface area contributed by atoms with Gasteiger partial charge in [0.15, 0.2) is 0 Å². The smallest absolute Gasteiger partial charge is 0.346 e. The van der Waals surface area contributed by atoms with Gasteiger partial charge in [-0.25, -0.2) is 9.59 Å². The zero-order valence-electron chi connectivity index (χ0n) is 21.8. The van der Waals surface area contributed by atoms with E-state index in [-0.39, 0.29) is 0 Å². The van der Waals surface area contributed by atoms with Crippen molar-refractivity contribution in [3.8, 4) is 22.3 Å². The number of hydrogen-bond donors (Lipinski definition) is 2. The highest BCUT2D eigenvalue weighted by atomic mass is 32.1. The Morgan fingerprint density at radius 1 is 0.550 bits per heavy atom. The first kappa shape index (κ1) is 24.1. The largest absolute Gasteiger partial charge is 0.477 e. The van der Waals surface area contributed by atoms with Gasteiger partial charge in [-0.05, 0) is 106 Å². The van der Waals surface area contributed by atoms with Gasteiger partial charge in [-0.15, -0.1) is 22.7 Å². The summed E-state index contributed by atoms with van der Waals surface area (Å²) in [6.45, 7) is 0. The Morgan fingerprint density at radius 2 is 0.950 bits per heavy atom. The van der Waals surface area contributed by atoms with Crippen molar-refractivity contribution < 1.29 is 19.8 Å². The molecule has 2 N–H and O–H groups in total. The lowest BCUT2D eigenvalue weighted by atomic mass is 9.84. The Balaban J connectivity index is 1.45. The van der Waals surface area contributed by atoms with E-state index >= 15 is 0 Å². The van der Waals surface area contributed by atoms with E-state index in [0.717, 1.165) is 106 Å². The van der Waals surface area contributed by atoms with Crippen molar-refractivity contribution >= 4 is 66.9 Å². The summed E-state index contributed by atoms with van der Waals surface area (Å²) < 4.78 is 0. The van der Waals surface area contributed by atoms with Crippen molar-refractivity contribution in [2.45, 2.75) is 51.4 Å².